The maximum absolute atomic E-state index is 14.7. The van der Waals surface area contributed by atoms with E-state index in [1.54, 1.807) is 12.1 Å². The fourth-order valence-corrected chi connectivity index (χ4v) is 4.46. The van der Waals surface area contributed by atoms with Crippen molar-refractivity contribution in [3.8, 4) is 0 Å². The molecule has 3 aromatic rings. The number of benzene rings is 2. The van der Waals surface area contributed by atoms with Gasteiger partial charge in [0.1, 0.15) is 5.82 Å². The number of fused-ring (bicyclic) bond motifs is 1. The van der Waals surface area contributed by atoms with Crippen molar-refractivity contribution in [2.75, 3.05) is 49.1 Å². The molecule has 156 valence electrons. The molecule has 1 N–H and O–H groups in total. The van der Waals surface area contributed by atoms with E-state index in [1.807, 2.05) is 29.2 Å². The van der Waals surface area contributed by atoms with E-state index in [2.05, 4.69) is 19.8 Å². The Hall–Kier alpha value is -3.09. The van der Waals surface area contributed by atoms with Crippen LogP contribution >= 0.6 is 0 Å². The first-order valence-electron chi connectivity index (χ1n) is 10.7. The molecule has 2 fully saturated rings. The lowest BCUT2D eigenvalue weighted by molar-refractivity contribution is 0.0766. The highest BCUT2D eigenvalue weighted by atomic mass is 19.1. The summed E-state index contributed by atoms with van der Waals surface area (Å²) in [5.41, 5.74) is 2.99. The Morgan fingerprint density at radius 1 is 0.900 bits per heavy atom. The van der Waals surface area contributed by atoms with Gasteiger partial charge < -0.3 is 19.7 Å². The number of amides is 1. The number of halogens is 1. The lowest BCUT2D eigenvalue weighted by Crippen LogP contribution is -2.35. The Morgan fingerprint density at radius 2 is 1.70 bits per heavy atom. The highest BCUT2D eigenvalue weighted by molar-refractivity contribution is 5.94. The fourth-order valence-electron chi connectivity index (χ4n) is 4.46. The topological polar surface area (TPSA) is 55.5 Å². The van der Waals surface area contributed by atoms with Crippen molar-refractivity contribution < 1.29 is 9.18 Å². The Balaban J connectivity index is 1.28. The van der Waals surface area contributed by atoms with Crippen LogP contribution in [0.5, 0.6) is 0 Å². The maximum atomic E-state index is 14.7. The molecule has 0 bridgehead atoms. The first-order chi connectivity index (χ1) is 14.7. The zero-order valence-corrected chi connectivity index (χ0v) is 17.0. The van der Waals surface area contributed by atoms with Crippen molar-refractivity contribution in [3.63, 3.8) is 0 Å². The zero-order valence-electron chi connectivity index (χ0n) is 17.0. The van der Waals surface area contributed by atoms with Crippen LogP contribution in [0.15, 0.2) is 42.5 Å². The third-order valence-electron chi connectivity index (χ3n) is 6.10. The van der Waals surface area contributed by atoms with Crippen molar-refractivity contribution >= 4 is 28.6 Å². The predicted molar refractivity (Wildman–Crippen MR) is 117 cm³/mol. The second-order valence-electron chi connectivity index (χ2n) is 8.07. The van der Waals surface area contributed by atoms with Crippen molar-refractivity contribution in [1.29, 1.82) is 0 Å². The van der Waals surface area contributed by atoms with Crippen LogP contribution in [0.2, 0.25) is 0 Å². The smallest absolute Gasteiger partial charge is 0.254 e. The number of nitrogens with zero attached hydrogens (tertiary/aromatic N) is 4. The van der Waals surface area contributed by atoms with Gasteiger partial charge in [0.25, 0.3) is 5.91 Å². The Kier molecular flexibility index (Phi) is 5.02. The van der Waals surface area contributed by atoms with E-state index in [0.29, 0.717) is 30.9 Å². The molecule has 5 rings (SSSR count). The van der Waals surface area contributed by atoms with Crippen LogP contribution in [0.25, 0.3) is 11.0 Å². The van der Waals surface area contributed by atoms with E-state index in [-0.39, 0.29) is 11.7 Å². The molecule has 6 nitrogen and oxygen atoms in total. The van der Waals surface area contributed by atoms with Crippen molar-refractivity contribution in [2.45, 2.75) is 19.3 Å². The van der Waals surface area contributed by atoms with Gasteiger partial charge >= 0.3 is 0 Å². The average Bonchev–Trinajstić information content (AvgIpc) is 3.38. The van der Waals surface area contributed by atoms with Crippen LogP contribution in [0.1, 0.15) is 29.6 Å². The van der Waals surface area contributed by atoms with Crippen molar-refractivity contribution in [2.24, 2.45) is 0 Å². The van der Waals surface area contributed by atoms with Crippen LogP contribution in [0.3, 0.4) is 0 Å². The molecule has 0 radical (unpaired) electrons. The van der Waals surface area contributed by atoms with E-state index in [1.165, 1.54) is 6.07 Å². The van der Waals surface area contributed by atoms with E-state index in [0.717, 1.165) is 55.9 Å². The van der Waals surface area contributed by atoms with Gasteiger partial charge in [0.15, 0.2) is 0 Å². The van der Waals surface area contributed by atoms with E-state index in [4.69, 9.17) is 0 Å². The van der Waals surface area contributed by atoms with Crippen LogP contribution in [0, 0.1) is 5.82 Å². The van der Waals surface area contributed by atoms with E-state index in [9.17, 15) is 9.18 Å². The third-order valence-corrected chi connectivity index (χ3v) is 6.10. The van der Waals surface area contributed by atoms with Crippen LogP contribution in [0.4, 0.5) is 16.0 Å². The standard InChI is InChI=1S/C23H26FN5O/c24-18-16-17(8-9-21(18)27-10-3-4-11-27)22(30)28-12-5-13-29(15-14-28)23-25-19-6-1-2-7-20(19)26-23/h1-2,6-9,16H,3-5,10-15H2,(H,25,26). The third kappa shape index (κ3) is 3.60. The number of nitrogens with one attached hydrogen (secondary N) is 1. The molecule has 1 amide bonds. The monoisotopic (exact) mass is 407 g/mol. The molecule has 30 heavy (non-hydrogen) atoms. The Morgan fingerprint density at radius 3 is 2.50 bits per heavy atom. The number of aromatic amines is 1. The normalized spacial score (nSPS) is 17.6. The molecular formula is C23H26FN5O. The van der Waals surface area contributed by atoms with Gasteiger partial charge in [-0.05, 0) is 49.6 Å². The molecular weight excluding hydrogens is 381 g/mol. The van der Waals surface area contributed by atoms with Gasteiger partial charge in [-0.15, -0.1) is 0 Å². The van der Waals surface area contributed by atoms with Gasteiger partial charge in [0.05, 0.1) is 16.7 Å². The minimum absolute atomic E-state index is 0.103. The summed E-state index contributed by atoms with van der Waals surface area (Å²) in [6.45, 7) is 4.53. The minimum atomic E-state index is -0.304. The number of H-pyrrole nitrogens is 1. The molecule has 0 unspecified atom stereocenters. The lowest BCUT2D eigenvalue weighted by atomic mass is 10.1. The van der Waals surface area contributed by atoms with E-state index < -0.39 is 0 Å². The highest BCUT2D eigenvalue weighted by Crippen LogP contribution is 2.25. The number of rotatable bonds is 3. The predicted octanol–water partition coefficient (Wildman–Crippen LogP) is 3.65. The molecule has 0 atom stereocenters. The molecule has 0 spiro atoms. The largest absolute Gasteiger partial charge is 0.369 e. The summed E-state index contributed by atoms with van der Waals surface area (Å²) in [5, 5.41) is 0. The summed E-state index contributed by atoms with van der Waals surface area (Å²) < 4.78 is 14.7. The second kappa shape index (κ2) is 7.97. The zero-order chi connectivity index (χ0) is 20.5. The van der Waals surface area contributed by atoms with Crippen LogP contribution in [-0.4, -0.2) is 60.0 Å². The highest BCUT2D eigenvalue weighted by Gasteiger charge is 2.23. The second-order valence-corrected chi connectivity index (χ2v) is 8.07. The summed E-state index contributed by atoms with van der Waals surface area (Å²) in [5.74, 6) is 0.432. The van der Waals surface area contributed by atoms with Gasteiger partial charge in [-0.3, -0.25) is 4.79 Å². The van der Waals surface area contributed by atoms with Crippen LogP contribution < -0.4 is 9.80 Å². The quantitative estimate of drug-likeness (QED) is 0.720. The number of aromatic nitrogens is 2. The molecule has 0 aliphatic carbocycles. The van der Waals surface area contributed by atoms with Gasteiger partial charge in [-0.2, -0.15) is 0 Å². The number of hydrogen-bond donors (Lipinski definition) is 1. The molecule has 1 aromatic heterocycles. The average molecular weight is 407 g/mol. The van der Waals surface area contributed by atoms with Gasteiger partial charge in [0.2, 0.25) is 5.95 Å². The number of carbonyl (C=O) groups excluding carboxylic acids is 1. The summed E-state index contributed by atoms with van der Waals surface area (Å²) >= 11 is 0. The molecule has 2 saturated heterocycles. The lowest BCUT2D eigenvalue weighted by Gasteiger charge is -2.23. The number of hydrogen-bond acceptors (Lipinski definition) is 4. The van der Waals surface area contributed by atoms with Crippen LogP contribution in [-0.2, 0) is 0 Å². The summed E-state index contributed by atoms with van der Waals surface area (Å²) in [4.78, 5) is 27.1. The summed E-state index contributed by atoms with van der Waals surface area (Å²) in [7, 11) is 0. The van der Waals surface area contributed by atoms with Crippen molar-refractivity contribution in [3.05, 3.63) is 53.8 Å². The Labute approximate surface area is 175 Å². The molecule has 7 heteroatoms. The van der Waals surface area contributed by atoms with E-state index >= 15 is 0 Å². The van der Waals surface area contributed by atoms with Gasteiger partial charge in [-0.1, -0.05) is 12.1 Å². The maximum Gasteiger partial charge on any atom is 0.254 e. The molecule has 3 heterocycles. The first-order valence-corrected chi connectivity index (χ1v) is 10.7. The van der Waals surface area contributed by atoms with Crippen molar-refractivity contribution in [1.82, 2.24) is 14.9 Å². The SMILES string of the molecule is O=C(c1ccc(N2CCCC2)c(F)c1)N1CCCN(c2nc3ccccc3[nH]2)CC1. The molecule has 2 aliphatic rings. The van der Waals surface area contributed by atoms with Gasteiger partial charge in [0, 0.05) is 44.8 Å². The molecule has 2 aromatic carbocycles. The number of para-hydroxylation sites is 2. The number of imidazole rings is 1. The summed E-state index contributed by atoms with van der Waals surface area (Å²) in [6.07, 6.45) is 3.03. The molecule has 2 aliphatic heterocycles. The minimum Gasteiger partial charge on any atom is -0.369 e. The number of anilines is 2. The van der Waals surface area contributed by atoms with Gasteiger partial charge in [-0.25, -0.2) is 9.37 Å². The number of carbonyl (C=O) groups is 1. The first kappa shape index (κ1) is 18.9. The molecule has 0 saturated carbocycles. The fraction of sp³-hybridized carbons (Fsp3) is 0.391. The Bertz CT molecular complexity index is 1030. The summed E-state index contributed by atoms with van der Waals surface area (Å²) in [6, 6.07) is 12.9.